The van der Waals surface area contributed by atoms with E-state index in [9.17, 15) is 14.4 Å². The van der Waals surface area contributed by atoms with Crippen LogP contribution in [0.2, 0.25) is 5.15 Å². The number of halogens is 1. The van der Waals surface area contributed by atoms with Crippen LogP contribution in [-0.4, -0.2) is 80.3 Å². The Hall–Kier alpha value is -2.89. The number of imidazole rings is 1. The minimum absolute atomic E-state index is 0.00615. The number of fused-ring (bicyclic) bond motifs is 1. The average molecular weight is 586 g/mol. The quantitative estimate of drug-likeness (QED) is 0.254. The number of amides is 1. The first-order valence-electron chi connectivity index (χ1n) is 13.9. The predicted molar refractivity (Wildman–Crippen MR) is 159 cm³/mol. The first-order chi connectivity index (χ1) is 19.2. The van der Waals surface area contributed by atoms with Gasteiger partial charge in [-0.1, -0.05) is 49.3 Å². The van der Waals surface area contributed by atoms with Gasteiger partial charge in [0.2, 0.25) is 11.8 Å². The fourth-order valence-electron chi connectivity index (χ4n) is 5.64. The zero-order chi connectivity index (χ0) is 28.4. The van der Waals surface area contributed by atoms with Crippen LogP contribution in [0, 0.1) is 5.92 Å². The van der Waals surface area contributed by atoms with E-state index in [2.05, 4.69) is 34.0 Å². The van der Waals surface area contributed by atoms with Crippen LogP contribution in [0.25, 0.3) is 11.0 Å². The molecule has 214 valence electrons. The molecule has 3 aromatic rings. The summed E-state index contributed by atoms with van der Waals surface area (Å²) in [6.07, 6.45) is 2.22. The Bertz CT molecular complexity index is 1450. The zero-order valence-electron chi connectivity index (χ0n) is 23.2. The number of para-hydroxylation sites is 2. The molecule has 0 aliphatic carbocycles. The van der Waals surface area contributed by atoms with Gasteiger partial charge in [-0.2, -0.15) is 0 Å². The molecule has 2 aromatic heterocycles. The van der Waals surface area contributed by atoms with Gasteiger partial charge in [0.1, 0.15) is 11.0 Å². The summed E-state index contributed by atoms with van der Waals surface area (Å²) in [6, 6.07) is 9.26. The highest BCUT2D eigenvalue weighted by atomic mass is 35.5. The molecule has 0 radical (unpaired) electrons. The molecule has 40 heavy (non-hydrogen) atoms. The average Bonchev–Trinajstić information content (AvgIpc) is 3.23. The van der Waals surface area contributed by atoms with Crippen molar-refractivity contribution in [2.24, 2.45) is 5.92 Å². The molecule has 2 aliphatic rings. The molecule has 2 saturated heterocycles. The Morgan fingerprint density at radius 3 is 2.52 bits per heavy atom. The maximum atomic E-state index is 13.5. The lowest BCUT2D eigenvalue weighted by Gasteiger charge is -2.40. The van der Waals surface area contributed by atoms with E-state index in [1.54, 1.807) is 10.6 Å². The monoisotopic (exact) mass is 585 g/mol. The number of nitrogens with one attached hydrogen (secondary N) is 1. The molecule has 12 heteroatoms. The van der Waals surface area contributed by atoms with E-state index in [0.717, 1.165) is 43.2 Å². The molecule has 0 spiro atoms. The highest BCUT2D eigenvalue weighted by Crippen LogP contribution is 2.26. The number of thioether (sulfide) groups is 1. The Morgan fingerprint density at radius 1 is 1.10 bits per heavy atom. The molecule has 5 rings (SSSR count). The zero-order valence-corrected chi connectivity index (χ0v) is 24.7. The Balaban J connectivity index is 1.31. The van der Waals surface area contributed by atoms with Crippen molar-refractivity contribution in [1.82, 2.24) is 29.3 Å². The lowest BCUT2D eigenvalue weighted by Crippen LogP contribution is -2.54. The highest BCUT2D eigenvalue weighted by molar-refractivity contribution is 7.99. The van der Waals surface area contributed by atoms with Crippen molar-refractivity contribution in [2.45, 2.75) is 57.3 Å². The van der Waals surface area contributed by atoms with Gasteiger partial charge in [0.05, 0.1) is 16.8 Å². The van der Waals surface area contributed by atoms with Crippen molar-refractivity contribution in [1.29, 1.82) is 0 Å². The summed E-state index contributed by atoms with van der Waals surface area (Å²) in [6.45, 7) is 9.71. The highest BCUT2D eigenvalue weighted by Gasteiger charge is 2.29. The number of hydrogen-bond acceptors (Lipinski definition) is 8. The number of rotatable bonds is 7. The van der Waals surface area contributed by atoms with Crippen molar-refractivity contribution in [3.05, 3.63) is 46.0 Å². The van der Waals surface area contributed by atoms with Gasteiger partial charge in [-0.3, -0.25) is 14.2 Å². The van der Waals surface area contributed by atoms with Crippen LogP contribution < -0.4 is 15.9 Å². The van der Waals surface area contributed by atoms with Gasteiger partial charge in [0.15, 0.2) is 5.16 Å². The number of carbonyl (C=O) groups is 2. The summed E-state index contributed by atoms with van der Waals surface area (Å²) in [5.74, 6) is 0.827. The maximum absolute atomic E-state index is 13.5. The molecule has 1 aromatic carbocycles. The summed E-state index contributed by atoms with van der Waals surface area (Å²) in [5, 5.41) is 3.99. The SMILES string of the molecule is CC(C)CC(=O)N1CCN(c2cc(Cl)nc(SCC(=O)n3c(=O)n(C4CCNCC4)c4ccccc43)n2)CC1C. The number of nitrogens with zero attached hydrogens (tertiary/aromatic N) is 6. The number of piperidine rings is 1. The van der Waals surface area contributed by atoms with Crippen LogP contribution in [0.1, 0.15) is 50.9 Å². The van der Waals surface area contributed by atoms with Crippen molar-refractivity contribution in [3.63, 3.8) is 0 Å². The standard InChI is InChI=1S/C28H36ClN7O3S/c1-18(2)14-25(37)34-13-12-33(16-19(34)3)24-15-23(29)31-27(32-24)40-17-26(38)36-22-7-5-4-6-21(22)35(28(36)39)20-8-10-30-11-9-20/h4-7,15,18-20,30H,8-14,16-17H2,1-3H3. The second-order valence-corrected chi connectivity index (χ2v) is 12.3. The number of anilines is 1. The van der Waals surface area contributed by atoms with Crippen molar-refractivity contribution < 1.29 is 9.59 Å². The predicted octanol–water partition coefficient (Wildman–Crippen LogP) is 3.69. The Kier molecular flexibility index (Phi) is 8.82. The van der Waals surface area contributed by atoms with Gasteiger partial charge >= 0.3 is 5.69 Å². The summed E-state index contributed by atoms with van der Waals surface area (Å²) >= 11 is 7.53. The third-order valence-electron chi connectivity index (χ3n) is 7.54. The van der Waals surface area contributed by atoms with E-state index >= 15 is 0 Å². The summed E-state index contributed by atoms with van der Waals surface area (Å²) in [5.41, 5.74) is 1.09. The fourth-order valence-corrected chi connectivity index (χ4v) is 6.57. The molecule has 2 aliphatic heterocycles. The largest absolute Gasteiger partial charge is 0.353 e. The number of hydrogen-bond donors (Lipinski definition) is 1. The molecule has 1 amide bonds. The van der Waals surface area contributed by atoms with Gasteiger partial charge in [-0.25, -0.2) is 19.3 Å². The van der Waals surface area contributed by atoms with E-state index in [0.29, 0.717) is 48.5 Å². The van der Waals surface area contributed by atoms with E-state index in [4.69, 9.17) is 11.6 Å². The first kappa shape index (κ1) is 28.6. The molecule has 10 nitrogen and oxygen atoms in total. The van der Waals surface area contributed by atoms with Gasteiger partial charge in [-0.05, 0) is 50.9 Å². The molecular formula is C28H36ClN7O3S. The van der Waals surface area contributed by atoms with Crippen molar-refractivity contribution in [3.8, 4) is 0 Å². The third kappa shape index (κ3) is 6.06. The minimum Gasteiger partial charge on any atom is -0.353 e. The van der Waals surface area contributed by atoms with Crippen LogP contribution in [0.15, 0.2) is 40.3 Å². The number of benzene rings is 1. The van der Waals surface area contributed by atoms with Gasteiger partial charge < -0.3 is 15.1 Å². The molecule has 1 atom stereocenters. The van der Waals surface area contributed by atoms with Crippen LogP contribution in [0.4, 0.5) is 5.82 Å². The molecule has 1 unspecified atom stereocenters. The van der Waals surface area contributed by atoms with Crippen molar-refractivity contribution >= 4 is 52.0 Å². The van der Waals surface area contributed by atoms with E-state index in [1.807, 2.05) is 36.1 Å². The topological polar surface area (TPSA) is 105 Å². The number of carbonyl (C=O) groups excluding carboxylic acids is 2. The number of piperazine rings is 1. The summed E-state index contributed by atoms with van der Waals surface area (Å²) in [4.78, 5) is 52.6. The molecule has 0 saturated carbocycles. The molecular weight excluding hydrogens is 550 g/mol. The second kappa shape index (κ2) is 12.3. The van der Waals surface area contributed by atoms with Gasteiger partial charge in [0.25, 0.3) is 0 Å². The van der Waals surface area contributed by atoms with E-state index < -0.39 is 0 Å². The summed E-state index contributed by atoms with van der Waals surface area (Å²) in [7, 11) is 0. The fraction of sp³-hybridized carbons (Fsp3) is 0.536. The van der Waals surface area contributed by atoms with Crippen molar-refractivity contribution in [2.75, 3.05) is 43.4 Å². The van der Waals surface area contributed by atoms with Crippen LogP contribution in [0.5, 0.6) is 0 Å². The van der Waals surface area contributed by atoms with E-state index in [-0.39, 0.29) is 40.5 Å². The van der Waals surface area contributed by atoms with Gasteiger partial charge in [-0.15, -0.1) is 0 Å². The minimum atomic E-state index is -0.324. The first-order valence-corrected chi connectivity index (χ1v) is 15.3. The second-order valence-electron chi connectivity index (χ2n) is 11.0. The van der Waals surface area contributed by atoms with E-state index in [1.165, 1.54) is 4.57 Å². The third-order valence-corrected chi connectivity index (χ3v) is 8.57. The Labute approximate surface area is 243 Å². The number of aromatic nitrogens is 4. The summed E-state index contributed by atoms with van der Waals surface area (Å²) < 4.78 is 3.06. The van der Waals surface area contributed by atoms with Crippen LogP contribution in [-0.2, 0) is 4.79 Å². The molecule has 4 heterocycles. The van der Waals surface area contributed by atoms with Gasteiger partial charge in [0, 0.05) is 44.2 Å². The molecule has 2 fully saturated rings. The lowest BCUT2D eigenvalue weighted by atomic mass is 10.1. The Morgan fingerprint density at radius 2 is 1.82 bits per heavy atom. The molecule has 1 N–H and O–H groups in total. The molecule has 0 bridgehead atoms. The lowest BCUT2D eigenvalue weighted by molar-refractivity contribution is -0.134. The van der Waals surface area contributed by atoms with Crippen LogP contribution >= 0.6 is 23.4 Å². The van der Waals surface area contributed by atoms with Crippen LogP contribution in [0.3, 0.4) is 0 Å². The smallest absolute Gasteiger partial charge is 0.336 e. The normalized spacial score (nSPS) is 18.6. The maximum Gasteiger partial charge on any atom is 0.336 e.